The van der Waals surface area contributed by atoms with Gasteiger partial charge in [0.05, 0.1) is 17.1 Å². The predicted octanol–water partition coefficient (Wildman–Crippen LogP) is 4.53. The lowest BCUT2D eigenvalue weighted by molar-refractivity contribution is 0.579. The van der Waals surface area contributed by atoms with Crippen molar-refractivity contribution < 1.29 is 0 Å². The van der Waals surface area contributed by atoms with Crippen LogP contribution in [-0.4, -0.2) is 19.3 Å². The summed E-state index contributed by atoms with van der Waals surface area (Å²) in [6, 6.07) is 2.35. The minimum absolute atomic E-state index is 0.136. The fourth-order valence-corrected chi connectivity index (χ4v) is 3.65. The molecule has 0 fully saturated rings. The van der Waals surface area contributed by atoms with Crippen molar-refractivity contribution in [2.75, 3.05) is 0 Å². The average molecular weight is 323 g/mol. The molecule has 21 heavy (non-hydrogen) atoms. The topological polar surface area (TPSA) is 35.6 Å². The first kappa shape index (κ1) is 14.6. The number of fused-ring (bicyclic) bond motifs is 1. The van der Waals surface area contributed by atoms with E-state index in [0.29, 0.717) is 0 Å². The molecule has 0 aliphatic rings. The number of aromatic nitrogens is 4. The third-order valence-corrected chi connectivity index (χ3v) is 4.74. The lowest BCUT2D eigenvalue weighted by Gasteiger charge is -2.18. The molecule has 0 aliphatic carbocycles. The molecule has 3 aromatic heterocycles. The zero-order chi connectivity index (χ0) is 15.1. The molecule has 2 atom stereocenters. The molecule has 3 rings (SSSR count). The van der Waals surface area contributed by atoms with Crippen molar-refractivity contribution in [3.8, 4) is 0 Å². The van der Waals surface area contributed by atoms with Crippen LogP contribution in [0.2, 0.25) is 0 Å². The summed E-state index contributed by atoms with van der Waals surface area (Å²) in [5.74, 6) is 0.910. The zero-order valence-electron chi connectivity index (χ0n) is 12.7. The Hall–Kier alpha value is -1.33. The highest BCUT2D eigenvalue weighted by Crippen LogP contribution is 2.32. The van der Waals surface area contributed by atoms with E-state index in [4.69, 9.17) is 16.6 Å². The quantitative estimate of drug-likeness (QED) is 0.661. The number of imidazole rings is 1. The van der Waals surface area contributed by atoms with Crippen LogP contribution < -0.4 is 0 Å². The molecule has 3 aromatic rings. The minimum atomic E-state index is -0.136. The Balaban J connectivity index is 2.29. The van der Waals surface area contributed by atoms with Gasteiger partial charge in [0, 0.05) is 6.54 Å². The molecular weight excluding hydrogens is 304 g/mol. The van der Waals surface area contributed by atoms with Crippen LogP contribution in [0.15, 0.2) is 16.8 Å². The van der Waals surface area contributed by atoms with Gasteiger partial charge < -0.3 is 4.57 Å². The summed E-state index contributed by atoms with van der Waals surface area (Å²) in [6.07, 6.45) is 0. The molecular formula is C15H19ClN4S. The molecule has 3 heterocycles. The third-order valence-electron chi connectivity index (χ3n) is 3.84. The van der Waals surface area contributed by atoms with Crippen molar-refractivity contribution in [3.63, 3.8) is 0 Å². The Morgan fingerprint density at radius 2 is 2.14 bits per heavy atom. The normalized spacial score (nSPS) is 14.7. The fraction of sp³-hybridized carbons (Fsp3) is 0.467. The van der Waals surface area contributed by atoms with Gasteiger partial charge in [-0.25, -0.2) is 9.67 Å². The predicted molar refractivity (Wildman–Crippen MR) is 88.3 cm³/mol. The summed E-state index contributed by atoms with van der Waals surface area (Å²) in [7, 11) is 0. The number of alkyl halides is 1. The number of halogens is 1. The molecule has 2 unspecified atom stereocenters. The van der Waals surface area contributed by atoms with E-state index < -0.39 is 0 Å². The van der Waals surface area contributed by atoms with Crippen molar-refractivity contribution in [1.82, 2.24) is 19.3 Å². The summed E-state index contributed by atoms with van der Waals surface area (Å²) >= 11 is 8.09. The second-order valence-electron chi connectivity index (χ2n) is 5.26. The average Bonchev–Trinajstić information content (AvgIpc) is 3.14. The lowest BCUT2D eigenvalue weighted by Crippen LogP contribution is -2.14. The van der Waals surface area contributed by atoms with Gasteiger partial charge >= 0.3 is 0 Å². The summed E-state index contributed by atoms with van der Waals surface area (Å²) in [5.41, 5.74) is 4.26. The van der Waals surface area contributed by atoms with Crippen LogP contribution >= 0.6 is 22.9 Å². The van der Waals surface area contributed by atoms with E-state index >= 15 is 0 Å². The molecule has 0 spiro atoms. The molecule has 0 bridgehead atoms. The van der Waals surface area contributed by atoms with E-state index in [0.717, 1.165) is 29.2 Å². The number of nitrogens with zero attached hydrogens (tertiary/aromatic N) is 4. The van der Waals surface area contributed by atoms with E-state index in [9.17, 15) is 0 Å². The maximum Gasteiger partial charge on any atom is 0.159 e. The molecule has 4 nitrogen and oxygen atoms in total. The summed E-state index contributed by atoms with van der Waals surface area (Å²) in [6.45, 7) is 9.08. The molecule has 0 saturated heterocycles. The van der Waals surface area contributed by atoms with E-state index in [-0.39, 0.29) is 11.4 Å². The monoisotopic (exact) mass is 322 g/mol. The highest BCUT2D eigenvalue weighted by molar-refractivity contribution is 7.07. The van der Waals surface area contributed by atoms with E-state index in [1.165, 1.54) is 5.56 Å². The molecule has 0 saturated carbocycles. The zero-order valence-corrected chi connectivity index (χ0v) is 14.2. The van der Waals surface area contributed by atoms with Crippen LogP contribution in [0.4, 0.5) is 0 Å². The number of thiophene rings is 1. The first-order chi connectivity index (χ1) is 10.0. The maximum atomic E-state index is 6.38. The van der Waals surface area contributed by atoms with Crippen LogP contribution in [0.25, 0.3) is 11.2 Å². The van der Waals surface area contributed by atoms with Gasteiger partial charge in [-0.05, 0) is 50.1 Å². The van der Waals surface area contributed by atoms with Crippen LogP contribution in [0.5, 0.6) is 0 Å². The van der Waals surface area contributed by atoms with Crippen molar-refractivity contribution in [2.24, 2.45) is 0 Å². The number of rotatable bonds is 4. The standard InChI is InChI=1S/C15H19ClN4S/c1-5-19-15-13(10(3)18-19)17-14(9(2)16)20(15)11(4)12-6-7-21-8-12/h6-9,11H,5H2,1-4H3. The molecule has 0 aromatic carbocycles. The van der Waals surface area contributed by atoms with E-state index in [1.54, 1.807) is 11.3 Å². The van der Waals surface area contributed by atoms with E-state index in [1.807, 2.05) is 18.5 Å². The Kier molecular flexibility index (Phi) is 3.80. The van der Waals surface area contributed by atoms with Gasteiger partial charge in [0.1, 0.15) is 11.3 Å². The Bertz CT molecular complexity index is 754. The van der Waals surface area contributed by atoms with Crippen LogP contribution in [-0.2, 0) is 6.54 Å². The Morgan fingerprint density at radius 3 is 2.71 bits per heavy atom. The van der Waals surface area contributed by atoms with Crippen molar-refractivity contribution in [2.45, 2.75) is 45.7 Å². The van der Waals surface area contributed by atoms with Crippen LogP contribution in [0.3, 0.4) is 0 Å². The largest absolute Gasteiger partial charge is 0.304 e. The molecule has 0 aliphatic heterocycles. The van der Waals surface area contributed by atoms with Gasteiger partial charge in [-0.2, -0.15) is 16.4 Å². The number of hydrogen-bond acceptors (Lipinski definition) is 3. The molecule has 0 radical (unpaired) electrons. The third kappa shape index (κ3) is 2.28. The molecule has 0 amide bonds. The molecule has 0 N–H and O–H groups in total. The smallest absolute Gasteiger partial charge is 0.159 e. The van der Waals surface area contributed by atoms with Gasteiger partial charge in [-0.15, -0.1) is 11.6 Å². The van der Waals surface area contributed by atoms with Gasteiger partial charge in [0.15, 0.2) is 5.65 Å². The van der Waals surface area contributed by atoms with Gasteiger partial charge in [0.2, 0.25) is 0 Å². The number of hydrogen-bond donors (Lipinski definition) is 0. The summed E-state index contributed by atoms with van der Waals surface area (Å²) < 4.78 is 4.25. The van der Waals surface area contributed by atoms with Crippen molar-refractivity contribution >= 4 is 34.1 Å². The Labute approximate surface area is 133 Å². The molecule has 112 valence electrons. The number of aryl methyl sites for hydroxylation is 2. The second-order valence-corrected chi connectivity index (χ2v) is 6.70. The highest BCUT2D eigenvalue weighted by Gasteiger charge is 2.24. The first-order valence-corrected chi connectivity index (χ1v) is 8.53. The Morgan fingerprint density at radius 1 is 1.38 bits per heavy atom. The van der Waals surface area contributed by atoms with Crippen LogP contribution in [0.1, 0.15) is 49.3 Å². The van der Waals surface area contributed by atoms with E-state index in [2.05, 4.69) is 40.3 Å². The van der Waals surface area contributed by atoms with Crippen molar-refractivity contribution in [3.05, 3.63) is 33.9 Å². The van der Waals surface area contributed by atoms with Crippen molar-refractivity contribution in [1.29, 1.82) is 0 Å². The SMILES string of the molecule is CCn1nc(C)c2nc(C(C)Cl)n(C(C)c3ccsc3)c21. The maximum absolute atomic E-state index is 6.38. The summed E-state index contributed by atoms with van der Waals surface area (Å²) in [4.78, 5) is 4.76. The molecule has 6 heteroatoms. The van der Waals surface area contributed by atoms with Gasteiger partial charge in [-0.1, -0.05) is 0 Å². The van der Waals surface area contributed by atoms with Crippen LogP contribution in [0, 0.1) is 6.92 Å². The van der Waals surface area contributed by atoms with Gasteiger partial charge in [0.25, 0.3) is 0 Å². The summed E-state index contributed by atoms with van der Waals surface area (Å²) in [5, 5.41) is 8.73. The fourth-order valence-electron chi connectivity index (χ4n) is 2.75. The lowest BCUT2D eigenvalue weighted by atomic mass is 10.2. The minimum Gasteiger partial charge on any atom is -0.304 e. The highest BCUT2D eigenvalue weighted by atomic mass is 35.5. The second kappa shape index (κ2) is 5.46. The first-order valence-electron chi connectivity index (χ1n) is 7.16. The van der Waals surface area contributed by atoms with Gasteiger partial charge in [-0.3, -0.25) is 0 Å².